The van der Waals surface area contributed by atoms with Gasteiger partial charge < -0.3 is 5.32 Å². The Morgan fingerprint density at radius 2 is 1.90 bits per heavy atom. The SMILES string of the molecule is CCCNc1ccc(S(=O)(=O)N2CCCCCC2C)cc1. The Labute approximate surface area is 128 Å². The van der Waals surface area contributed by atoms with Crippen LogP contribution in [0.3, 0.4) is 0 Å². The Morgan fingerprint density at radius 1 is 1.19 bits per heavy atom. The Bertz CT molecular complexity index is 540. The first kappa shape index (κ1) is 16.3. The van der Waals surface area contributed by atoms with E-state index in [9.17, 15) is 8.42 Å². The second kappa shape index (κ2) is 7.27. The lowest BCUT2D eigenvalue weighted by Crippen LogP contribution is -2.38. The molecule has 1 aliphatic heterocycles. The zero-order valence-electron chi connectivity index (χ0n) is 13.0. The van der Waals surface area contributed by atoms with E-state index >= 15 is 0 Å². The van der Waals surface area contributed by atoms with Crippen LogP contribution in [0.2, 0.25) is 0 Å². The van der Waals surface area contributed by atoms with E-state index in [1.54, 1.807) is 16.4 Å². The fraction of sp³-hybridized carbons (Fsp3) is 0.625. The molecule has 118 valence electrons. The molecule has 1 atom stereocenters. The third kappa shape index (κ3) is 3.98. The van der Waals surface area contributed by atoms with Crippen molar-refractivity contribution in [2.24, 2.45) is 0 Å². The van der Waals surface area contributed by atoms with Crippen LogP contribution in [0, 0.1) is 0 Å². The van der Waals surface area contributed by atoms with Crippen molar-refractivity contribution in [2.75, 3.05) is 18.4 Å². The summed E-state index contributed by atoms with van der Waals surface area (Å²) < 4.78 is 27.2. The van der Waals surface area contributed by atoms with Crippen molar-refractivity contribution >= 4 is 15.7 Å². The molecule has 1 aromatic carbocycles. The highest BCUT2D eigenvalue weighted by Crippen LogP contribution is 2.25. The molecule has 21 heavy (non-hydrogen) atoms. The van der Waals surface area contributed by atoms with Crippen molar-refractivity contribution in [3.8, 4) is 0 Å². The summed E-state index contributed by atoms with van der Waals surface area (Å²) in [5.41, 5.74) is 0.972. The molecule has 1 N–H and O–H groups in total. The largest absolute Gasteiger partial charge is 0.385 e. The minimum atomic E-state index is -3.37. The van der Waals surface area contributed by atoms with Gasteiger partial charge in [-0.3, -0.25) is 0 Å². The van der Waals surface area contributed by atoms with Crippen LogP contribution in [0.5, 0.6) is 0 Å². The van der Waals surface area contributed by atoms with Gasteiger partial charge in [-0.25, -0.2) is 8.42 Å². The standard InChI is InChI=1S/C16H26N2O2S/c1-3-12-17-15-8-10-16(11-9-15)21(19,20)18-13-6-4-5-7-14(18)2/h8-11,14,17H,3-7,12-13H2,1-2H3. The van der Waals surface area contributed by atoms with Gasteiger partial charge in [0.05, 0.1) is 4.90 Å². The van der Waals surface area contributed by atoms with Gasteiger partial charge in [0, 0.05) is 24.8 Å². The Kier molecular flexibility index (Phi) is 5.65. The van der Waals surface area contributed by atoms with Gasteiger partial charge >= 0.3 is 0 Å². The van der Waals surface area contributed by atoms with Gasteiger partial charge in [-0.05, 0) is 50.5 Å². The maximum Gasteiger partial charge on any atom is 0.243 e. The summed E-state index contributed by atoms with van der Waals surface area (Å²) in [6.45, 7) is 5.65. The monoisotopic (exact) mass is 310 g/mol. The van der Waals surface area contributed by atoms with Crippen LogP contribution in [0.15, 0.2) is 29.2 Å². The number of benzene rings is 1. The van der Waals surface area contributed by atoms with Crippen LogP contribution >= 0.6 is 0 Å². The van der Waals surface area contributed by atoms with Gasteiger partial charge in [-0.2, -0.15) is 4.31 Å². The van der Waals surface area contributed by atoms with Crippen LogP contribution in [0.4, 0.5) is 5.69 Å². The molecule has 1 saturated heterocycles. The van der Waals surface area contributed by atoms with Crippen molar-refractivity contribution in [3.05, 3.63) is 24.3 Å². The van der Waals surface area contributed by atoms with E-state index in [-0.39, 0.29) is 6.04 Å². The van der Waals surface area contributed by atoms with Gasteiger partial charge in [0.25, 0.3) is 0 Å². The maximum atomic E-state index is 12.8. The number of hydrogen-bond donors (Lipinski definition) is 1. The minimum absolute atomic E-state index is 0.0930. The second-order valence-corrected chi connectivity index (χ2v) is 7.66. The molecule has 0 bridgehead atoms. The number of sulfonamides is 1. The number of anilines is 1. The Balaban J connectivity index is 2.18. The second-order valence-electron chi connectivity index (χ2n) is 5.77. The molecule has 5 heteroatoms. The van der Waals surface area contributed by atoms with Gasteiger partial charge in [0.1, 0.15) is 0 Å². The molecule has 0 amide bonds. The van der Waals surface area contributed by atoms with E-state index < -0.39 is 10.0 Å². The summed E-state index contributed by atoms with van der Waals surface area (Å²) in [4.78, 5) is 0.401. The lowest BCUT2D eigenvalue weighted by Gasteiger charge is -2.26. The smallest absolute Gasteiger partial charge is 0.243 e. The van der Waals surface area contributed by atoms with Crippen LogP contribution in [0.1, 0.15) is 46.0 Å². The topological polar surface area (TPSA) is 49.4 Å². The predicted octanol–water partition coefficient (Wildman–Crippen LogP) is 3.46. The molecular weight excluding hydrogens is 284 g/mol. The lowest BCUT2D eigenvalue weighted by molar-refractivity contribution is 0.342. The van der Waals surface area contributed by atoms with E-state index in [1.807, 2.05) is 19.1 Å². The molecule has 1 fully saturated rings. The summed E-state index contributed by atoms with van der Waals surface area (Å²) in [5, 5.41) is 3.26. The molecule has 0 aliphatic carbocycles. The van der Waals surface area contributed by atoms with Crippen LogP contribution in [-0.4, -0.2) is 31.9 Å². The molecule has 1 unspecified atom stereocenters. The van der Waals surface area contributed by atoms with E-state index in [2.05, 4.69) is 12.2 Å². The van der Waals surface area contributed by atoms with Gasteiger partial charge in [0.2, 0.25) is 10.0 Å². The van der Waals surface area contributed by atoms with E-state index in [0.717, 1.165) is 44.3 Å². The summed E-state index contributed by atoms with van der Waals surface area (Å²) in [6.07, 6.45) is 5.20. The first-order valence-electron chi connectivity index (χ1n) is 7.91. The molecule has 0 aromatic heterocycles. The maximum absolute atomic E-state index is 12.8. The lowest BCUT2D eigenvalue weighted by atomic mass is 10.1. The van der Waals surface area contributed by atoms with Crippen LogP contribution in [-0.2, 0) is 10.0 Å². The molecule has 0 saturated carbocycles. The summed E-state index contributed by atoms with van der Waals surface area (Å²) in [6, 6.07) is 7.22. The third-order valence-corrected chi connectivity index (χ3v) is 6.06. The average Bonchev–Trinajstić information content (AvgIpc) is 2.70. The molecule has 1 aliphatic rings. The molecule has 1 heterocycles. The summed E-state index contributed by atoms with van der Waals surface area (Å²) >= 11 is 0. The number of rotatable bonds is 5. The minimum Gasteiger partial charge on any atom is -0.385 e. The molecule has 0 radical (unpaired) electrons. The zero-order chi connectivity index (χ0) is 15.3. The summed E-state index contributed by atoms with van der Waals surface area (Å²) in [7, 11) is -3.37. The summed E-state index contributed by atoms with van der Waals surface area (Å²) in [5.74, 6) is 0. The predicted molar refractivity (Wildman–Crippen MR) is 87.0 cm³/mol. The van der Waals surface area contributed by atoms with E-state index in [4.69, 9.17) is 0 Å². The zero-order valence-corrected chi connectivity index (χ0v) is 13.8. The first-order valence-corrected chi connectivity index (χ1v) is 9.35. The quantitative estimate of drug-likeness (QED) is 0.906. The van der Waals surface area contributed by atoms with Gasteiger partial charge in [0.15, 0.2) is 0 Å². The van der Waals surface area contributed by atoms with Crippen molar-refractivity contribution in [1.82, 2.24) is 4.31 Å². The normalized spacial score (nSPS) is 21.0. The molecular formula is C16H26N2O2S. The fourth-order valence-electron chi connectivity index (χ4n) is 2.76. The molecule has 2 rings (SSSR count). The van der Waals surface area contributed by atoms with Gasteiger partial charge in [-0.15, -0.1) is 0 Å². The fourth-order valence-corrected chi connectivity index (χ4v) is 4.45. The number of nitrogens with zero attached hydrogens (tertiary/aromatic N) is 1. The van der Waals surface area contributed by atoms with Crippen LogP contribution in [0.25, 0.3) is 0 Å². The molecule has 0 spiro atoms. The van der Waals surface area contributed by atoms with Crippen molar-refractivity contribution in [1.29, 1.82) is 0 Å². The third-order valence-electron chi connectivity index (χ3n) is 4.03. The highest BCUT2D eigenvalue weighted by Gasteiger charge is 2.29. The highest BCUT2D eigenvalue weighted by atomic mass is 32.2. The van der Waals surface area contributed by atoms with E-state index in [1.165, 1.54) is 0 Å². The average molecular weight is 310 g/mol. The molecule has 4 nitrogen and oxygen atoms in total. The van der Waals surface area contributed by atoms with Crippen molar-refractivity contribution in [3.63, 3.8) is 0 Å². The van der Waals surface area contributed by atoms with E-state index in [0.29, 0.717) is 11.4 Å². The Hall–Kier alpha value is -1.07. The van der Waals surface area contributed by atoms with Crippen molar-refractivity contribution in [2.45, 2.75) is 56.9 Å². The molecule has 1 aromatic rings. The number of nitrogens with one attached hydrogen (secondary N) is 1. The first-order chi connectivity index (χ1) is 10.1. The number of hydrogen-bond acceptors (Lipinski definition) is 3. The van der Waals surface area contributed by atoms with Crippen molar-refractivity contribution < 1.29 is 8.42 Å². The highest BCUT2D eigenvalue weighted by molar-refractivity contribution is 7.89. The van der Waals surface area contributed by atoms with Gasteiger partial charge in [-0.1, -0.05) is 19.8 Å². The van der Waals surface area contributed by atoms with Crippen LogP contribution < -0.4 is 5.32 Å². The Morgan fingerprint density at radius 3 is 2.57 bits per heavy atom.